The Morgan fingerprint density at radius 3 is 2.00 bits per heavy atom. The Kier molecular flexibility index (Phi) is 9.99. The molecule has 3 heterocycles. The van der Waals surface area contributed by atoms with Crippen LogP contribution in [0.25, 0.3) is 22.3 Å². The van der Waals surface area contributed by atoms with Crippen molar-refractivity contribution >= 4 is 11.0 Å². The standard InChI is InChI=1S/C29H34O18/c1-41-12-4-3-9(5-10(12)31)25-27(20(36)16-13(44-25)6-11(32)26(42-2)19(16)35)47-29-24(40)22(38)18(34)15(46-29)8-43-28-23(39)21(37)17(33)14(7-30)45-28/h3-6,14-15,17-18,21-24,28-35,37-40H,7-8H2,1-2H3. The molecule has 2 aromatic carbocycles. The van der Waals surface area contributed by atoms with E-state index in [4.69, 9.17) is 32.8 Å². The van der Waals surface area contributed by atoms with Crippen molar-refractivity contribution in [2.24, 2.45) is 0 Å². The smallest absolute Gasteiger partial charge is 0.239 e. The van der Waals surface area contributed by atoms with Crippen molar-refractivity contribution in [1.29, 1.82) is 0 Å². The third-order valence-corrected chi connectivity index (χ3v) is 7.87. The van der Waals surface area contributed by atoms with E-state index < -0.39 is 114 Å². The molecule has 10 N–H and O–H groups in total. The second-order valence-corrected chi connectivity index (χ2v) is 10.8. The zero-order valence-electron chi connectivity index (χ0n) is 24.7. The first-order chi connectivity index (χ1) is 22.3. The van der Waals surface area contributed by atoms with E-state index in [0.29, 0.717) is 0 Å². The molecule has 0 spiro atoms. The van der Waals surface area contributed by atoms with E-state index >= 15 is 0 Å². The highest BCUT2D eigenvalue weighted by atomic mass is 16.7. The fourth-order valence-corrected chi connectivity index (χ4v) is 5.28. The molecule has 0 saturated carbocycles. The van der Waals surface area contributed by atoms with Gasteiger partial charge in [-0.15, -0.1) is 0 Å². The Bertz CT molecular complexity index is 1640. The summed E-state index contributed by atoms with van der Waals surface area (Å²) in [6.07, 6.45) is -17.5. The van der Waals surface area contributed by atoms with Crippen molar-refractivity contribution in [1.82, 2.24) is 0 Å². The maximum atomic E-state index is 13.9. The molecule has 0 amide bonds. The van der Waals surface area contributed by atoms with Crippen LogP contribution in [0.3, 0.4) is 0 Å². The van der Waals surface area contributed by atoms with Gasteiger partial charge in [-0.3, -0.25) is 4.79 Å². The summed E-state index contributed by atoms with van der Waals surface area (Å²) < 4.78 is 38.0. The summed E-state index contributed by atoms with van der Waals surface area (Å²) in [5.74, 6) is -3.30. The van der Waals surface area contributed by atoms with Crippen LogP contribution in [-0.2, 0) is 14.2 Å². The Morgan fingerprint density at radius 1 is 0.745 bits per heavy atom. The zero-order valence-corrected chi connectivity index (χ0v) is 24.7. The minimum Gasteiger partial charge on any atom is -0.504 e. The summed E-state index contributed by atoms with van der Waals surface area (Å²) >= 11 is 0. The number of benzene rings is 2. The quantitative estimate of drug-likeness (QED) is 0.113. The van der Waals surface area contributed by atoms with Gasteiger partial charge >= 0.3 is 0 Å². The van der Waals surface area contributed by atoms with Gasteiger partial charge in [0.2, 0.25) is 23.2 Å². The van der Waals surface area contributed by atoms with Crippen LogP contribution in [0.4, 0.5) is 0 Å². The lowest BCUT2D eigenvalue weighted by atomic mass is 9.98. The number of fused-ring (bicyclic) bond motifs is 1. The lowest BCUT2D eigenvalue weighted by Gasteiger charge is -2.42. The molecule has 18 nitrogen and oxygen atoms in total. The first-order valence-electron chi connectivity index (χ1n) is 14.1. The van der Waals surface area contributed by atoms with E-state index in [1.807, 2.05) is 0 Å². The van der Waals surface area contributed by atoms with Crippen LogP contribution in [0.2, 0.25) is 0 Å². The largest absolute Gasteiger partial charge is 0.504 e. The van der Waals surface area contributed by atoms with Gasteiger partial charge in [0.05, 0.1) is 27.4 Å². The summed E-state index contributed by atoms with van der Waals surface area (Å²) in [5.41, 5.74) is -1.40. The van der Waals surface area contributed by atoms with Gasteiger partial charge in [-0.05, 0) is 18.2 Å². The maximum Gasteiger partial charge on any atom is 0.239 e. The van der Waals surface area contributed by atoms with E-state index in [1.54, 1.807) is 0 Å². The second kappa shape index (κ2) is 13.6. The first-order valence-corrected chi connectivity index (χ1v) is 14.1. The highest BCUT2D eigenvalue weighted by molar-refractivity contribution is 5.91. The number of hydrogen-bond donors (Lipinski definition) is 10. The highest BCUT2D eigenvalue weighted by Crippen LogP contribution is 2.44. The Morgan fingerprint density at radius 2 is 1.38 bits per heavy atom. The summed E-state index contributed by atoms with van der Waals surface area (Å²) in [6.45, 7) is -1.42. The van der Waals surface area contributed by atoms with Crippen LogP contribution >= 0.6 is 0 Å². The van der Waals surface area contributed by atoms with Gasteiger partial charge in [-0.1, -0.05) is 0 Å². The lowest BCUT2D eigenvalue weighted by Crippen LogP contribution is -2.62. The minimum atomic E-state index is -2.01. The van der Waals surface area contributed by atoms with Crippen LogP contribution < -0.4 is 19.6 Å². The van der Waals surface area contributed by atoms with Crippen LogP contribution in [0.1, 0.15) is 0 Å². The predicted octanol–water partition coefficient (Wildman–Crippen LogP) is -2.40. The molecule has 2 saturated heterocycles. The van der Waals surface area contributed by atoms with Gasteiger partial charge in [-0.25, -0.2) is 0 Å². The number of rotatable bonds is 9. The van der Waals surface area contributed by atoms with Gasteiger partial charge in [0.15, 0.2) is 35.0 Å². The third kappa shape index (κ3) is 6.23. The van der Waals surface area contributed by atoms with Crippen molar-refractivity contribution in [3.8, 4) is 45.8 Å². The topological polar surface area (TPSA) is 288 Å². The van der Waals surface area contributed by atoms with Crippen molar-refractivity contribution in [2.75, 3.05) is 27.4 Å². The molecule has 2 fully saturated rings. The summed E-state index contributed by atoms with van der Waals surface area (Å²) in [5, 5.41) is 103. The van der Waals surface area contributed by atoms with Gasteiger partial charge < -0.3 is 83.9 Å². The van der Waals surface area contributed by atoms with Crippen LogP contribution in [0.5, 0.6) is 34.5 Å². The number of ether oxygens (including phenoxy) is 6. The molecule has 5 rings (SSSR count). The molecule has 10 atom stereocenters. The van der Waals surface area contributed by atoms with Gasteiger partial charge in [0.1, 0.15) is 59.8 Å². The maximum absolute atomic E-state index is 13.9. The van der Waals surface area contributed by atoms with E-state index in [9.17, 15) is 55.9 Å². The molecule has 3 aromatic rings. The van der Waals surface area contributed by atoms with Crippen molar-refractivity contribution < 1.29 is 83.9 Å². The lowest BCUT2D eigenvalue weighted by molar-refractivity contribution is -0.323. The minimum absolute atomic E-state index is 0.0143. The van der Waals surface area contributed by atoms with Gasteiger partial charge in [-0.2, -0.15) is 0 Å². The summed E-state index contributed by atoms with van der Waals surface area (Å²) in [7, 11) is 2.43. The molecule has 1 aromatic heterocycles. The average molecular weight is 671 g/mol. The number of methoxy groups -OCH3 is 2. The number of hydrogen-bond acceptors (Lipinski definition) is 18. The molecular weight excluding hydrogens is 636 g/mol. The normalized spacial score (nSPS) is 31.1. The van der Waals surface area contributed by atoms with Crippen molar-refractivity contribution in [3.63, 3.8) is 0 Å². The third-order valence-electron chi connectivity index (χ3n) is 7.87. The second-order valence-electron chi connectivity index (χ2n) is 10.8. The number of phenols is 3. The average Bonchev–Trinajstić information content (AvgIpc) is 3.05. The van der Waals surface area contributed by atoms with E-state index in [0.717, 1.165) is 19.2 Å². The molecule has 0 radical (unpaired) electrons. The summed E-state index contributed by atoms with van der Waals surface area (Å²) in [4.78, 5) is 13.9. The molecule has 10 unspecified atom stereocenters. The van der Waals surface area contributed by atoms with E-state index in [-0.39, 0.29) is 22.6 Å². The summed E-state index contributed by atoms with van der Waals surface area (Å²) in [6, 6.07) is 4.84. The molecule has 0 bridgehead atoms. The molecule has 258 valence electrons. The molecule has 18 heteroatoms. The Hall–Kier alpha value is -3.95. The number of phenolic OH excluding ortho intramolecular Hbond substituents is 3. The number of aromatic hydroxyl groups is 3. The molecule has 2 aliphatic rings. The fraction of sp³-hybridized carbons (Fsp3) is 0.483. The van der Waals surface area contributed by atoms with Crippen LogP contribution in [0.15, 0.2) is 33.5 Å². The number of aliphatic hydroxyl groups excluding tert-OH is 7. The first kappa shape index (κ1) is 34.4. The highest BCUT2D eigenvalue weighted by Gasteiger charge is 2.48. The van der Waals surface area contributed by atoms with Crippen molar-refractivity contribution in [2.45, 2.75) is 61.4 Å². The van der Waals surface area contributed by atoms with Gasteiger partial charge in [0, 0.05) is 11.6 Å². The molecule has 0 aliphatic carbocycles. The van der Waals surface area contributed by atoms with E-state index in [1.165, 1.54) is 19.2 Å². The SMILES string of the molecule is COc1ccc(-c2oc3cc(O)c(OC)c(O)c3c(=O)c2OC2OC(COC3OC(CO)C(O)C(O)C3O)C(O)C(O)C2O)cc1O. The monoisotopic (exact) mass is 670 g/mol. The molecule has 2 aliphatic heterocycles. The predicted molar refractivity (Wildman–Crippen MR) is 153 cm³/mol. The fourth-order valence-electron chi connectivity index (χ4n) is 5.28. The van der Waals surface area contributed by atoms with Gasteiger partial charge in [0.25, 0.3) is 0 Å². The van der Waals surface area contributed by atoms with Crippen LogP contribution in [-0.4, -0.2) is 140 Å². The Labute approximate surface area is 264 Å². The van der Waals surface area contributed by atoms with Crippen LogP contribution in [0, 0.1) is 0 Å². The number of aliphatic hydroxyl groups is 7. The molecular formula is C29H34O18. The zero-order chi connectivity index (χ0) is 34.3. The molecule has 47 heavy (non-hydrogen) atoms. The Balaban J connectivity index is 1.51. The van der Waals surface area contributed by atoms with Crippen molar-refractivity contribution in [3.05, 3.63) is 34.5 Å². The van der Waals surface area contributed by atoms with E-state index in [2.05, 4.69) is 0 Å².